The van der Waals surface area contributed by atoms with E-state index in [2.05, 4.69) is 5.32 Å². The van der Waals surface area contributed by atoms with Crippen molar-refractivity contribution in [3.8, 4) is 0 Å². The van der Waals surface area contributed by atoms with Crippen molar-refractivity contribution >= 4 is 17.5 Å². The highest BCUT2D eigenvalue weighted by Crippen LogP contribution is 2.15. The van der Waals surface area contributed by atoms with Gasteiger partial charge in [0.1, 0.15) is 0 Å². The number of amides is 2. The van der Waals surface area contributed by atoms with Gasteiger partial charge in [-0.3, -0.25) is 9.59 Å². The lowest BCUT2D eigenvalue weighted by atomic mass is 10.1. The Morgan fingerprint density at radius 2 is 2.05 bits per heavy atom. The van der Waals surface area contributed by atoms with E-state index < -0.39 is 0 Å². The predicted molar refractivity (Wildman–Crippen MR) is 76.7 cm³/mol. The number of hydrogen-bond acceptors (Lipinski definition) is 3. The number of likely N-dealkylation sites (N-methyl/N-ethyl adjacent to an activating group) is 1. The number of nitrogens with zero attached hydrogens (tertiary/aromatic N) is 1. The molecular formula is C15H20N2O3. The van der Waals surface area contributed by atoms with Crippen molar-refractivity contribution in [1.82, 2.24) is 4.90 Å². The molecule has 5 heteroatoms. The summed E-state index contributed by atoms with van der Waals surface area (Å²) in [4.78, 5) is 24.9. The van der Waals surface area contributed by atoms with Crippen LogP contribution in [0.4, 0.5) is 5.69 Å². The molecule has 108 valence electrons. The highest BCUT2D eigenvalue weighted by Gasteiger charge is 2.20. The standard InChI is InChI=1S/C15H20N2O3/c1-11(18)16-13-7-5-12(6-8-13)15(19)17(2)10-14-4-3-9-20-14/h5-8,14H,3-4,9-10H2,1-2H3,(H,16,18). The van der Waals surface area contributed by atoms with Gasteiger partial charge in [-0.2, -0.15) is 0 Å². The molecule has 1 heterocycles. The van der Waals surface area contributed by atoms with E-state index in [1.807, 2.05) is 0 Å². The Hall–Kier alpha value is -1.88. The third-order valence-electron chi connectivity index (χ3n) is 3.30. The van der Waals surface area contributed by atoms with Crippen LogP contribution in [0.25, 0.3) is 0 Å². The number of ether oxygens (including phenoxy) is 1. The summed E-state index contributed by atoms with van der Waals surface area (Å²) < 4.78 is 5.53. The molecule has 2 amide bonds. The van der Waals surface area contributed by atoms with Crippen LogP contribution >= 0.6 is 0 Å². The van der Waals surface area contributed by atoms with Crippen LogP contribution in [0.3, 0.4) is 0 Å². The molecule has 2 rings (SSSR count). The second kappa shape index (κ2) is 6.52. The molecule has 0 saturated carbocycles. The number of anilines is 1. The minimum absolute atomic E-state index is 0.0325. The summed E-state index contributed by atoms with van der Waals surface area (Å²) in [6, 6.07) is 6.91. The summed E-state index contributed by atoms with van der Waals surface area (Å²) in [6.07, 6.45) is 2.24. The molecule has 0 aliphatic carbocycles. The van der Waals surface area contributed by atoms with Gasteiger partial charge in [-0.1, -0.05) is 0 Å². The number of carbonyl (C=O) groups is 2. The van der Waals surface area contributed by atoms with Crippen molar-refractivity contribution in [2.24, 2.45) is 0 Å². The predicted octanol–water partition coefficient (Wildman–Crippen LogP) is 1.90. The third kappa shape index (κ3) is 3.81. The fourth-order valence-electron chi connectivity index (χ4n) is 2.30. The zero-order chi connectivity index (χ0) is 14.5. The third-order valence-corrected chi connectivity index (χ3v) is 3.30. The van der Waals surface area contributed by atoms with Gasteiger partial charge in [0, 0.05) is 38.4 Å². The van der Waals surface area contributed by atoms with Crippen LogP contribution in [0.15, 0.2) is 24.3 Å². The Kier molecular flexibility index (Phi) is 4.74. The van der Waals surface area contributed by atoms with E-state index in [-0.39, 0.29) is 17.9 Å². The van der Waals surface area contributed by atoms with E-state index in [9.17, 15) is 9.59 Å². The lowest BCUT2D eigenvalue weighted by molar-refractivity contribution is -0.114. The first-order chi connectivity index (χ1) is 9.56. The van der Waals surface area contributed by atoms with Crippen LogP contribution < -0.4 is 5.32 Å². The monoisotopic (exact) mass is 276 g/mol. The van der Waals surface area contributed by atoms with Gasteiger partial charge in [0.2, 0.25) is 5.91 Å². The van der Waals surface area contributed by atoms with Crippen LogP contribution in [-0.2, 0) is 9.53 Å². The van der Waals surface area contributed by atoms with Crippen molar-refractivity contribution in [2.75, 3.05) is 25.5 Å². The van der Waals surface area contributed by atoms with E-state index in [1.165, 1.54) is 6.92 Å². The molecule has 1 aromatic rings. The minimum atomic E-state index is -0.125. The maximum absolute atomic E-state index is 12.2. The van der Waals surface area contributed by atoms with E-state index in [0.717, 1.165) is 19.4 Å². The summed E-state index contributed by atoms with van der Waals surface area (Å²) >= 11 is 0. The normalized spacial score (nSPS) is 17.8. The first-order valence-electron chi connectivity index (χ1n) is 6.81. The second-order valence-corrected chi connectivity index (χ2v) is 5.08. The van der Waals surface area contributed by atoms with Gasteiger partial charge < -0.3 is 15.0 Å². The highest BCUT2D eigenvalue weighted by atomic mass is 16.5. The molecule has 1 aliphatic rings. The zero-order valence-electron chi connectivity index (χ0n) is 11.9. The van der Waals surface area contributed by atoms with Gasteiger partial charge in [0.05, 0.1) is 6.10 Å². The largest absolute Gasteiger partial charge is 0.376 e. The van der Waals surface area contributed by atoms with Crippen molar-refractivity contribution in [3.63, 3.8) is 0 Å². The van der Waals surface area contributed by atoms with Gasteiger partial charge in [-0.05, 0) is 37.1 Å². The Morgan fingerprint density at radius 3 is 2.60 bits per heavy atom. The fourth-order valence-corrected chi connectivity index (χ4v) is 2.30. The van der Waals surface area contributed by atoms with Crippen LogP contribution in [-0.4, -0.2) is 43.0 Å². The maximum Gasteiger partial charge on any atom is 0.253 e. The summed E-state index contributed by atoms with van der Waals surface area (Å²) in [5.74, 6) is -0.158. The Labute approximate surface area is 118 Å². The average molecular weight is 276 g/mol. The molecule has 0 spiro atoms. The minimum Gasteiger partial charge on any atom is -0.376 e. The molecule has 1 N–H and O–H groups in total. The molecule has 1 unspecified atom stereocenters. The van der Waals surface area contributed by atoms with Crippen LogP contribution in [0, 0.1) is 0 Å². The zero-order valence-corrected chi connectivity index (χ0v) is 11.9. The van der Waals surface area contributed by atoms with Crippen molar-refractivity contribution in [3.05, 3.63) is 29.8 Å². The molecular weight excluding hydrogens is 256 g/mol. The van der Waals surface area contributed by atoms with Crippen LogP contribution in [0.5, 0.6) is 0 Å². The van der Waals surface area contributed by atoms with Gasteiger partial charge in [-0.25, -0.2) is 0 Å². The number of rotatable bonds is 4. The van der Waals surface area contributed by atoms with E-state index in [4.69, 9.17) is 4.74 Å². The second-order valence-electron chi connectivity index (χ2n) is 5.08. The van der Waals surface area contributed by atoms with Gasteiger partial charge >= 0.3 is 0 Å². The average Bonchev–Trinajstić information content (AvgIpc) is 2.91. The SMILES string of the molecule is CC(=O)Nc1ccc(C(=O)N(C)CC2CCCO2)cc1. The smallest absolute Gasteiger partial charge is 0.253 e. The number of benzene rings is 1. The Balaban J connectivity index is 1.95. The number of carbonyl (C=O) groups excluding carboxylic acids is 2. The molecule has 1 saturated heterocycles. The molecule has 0 radical (unpaired) electrons. The van der Waals surface area contributed by atoms with Gasteiger partial charge in [-0.15, -0.1) is 0 Å². The molecule has 1 aromatic carbocycles. The summed E-state index contributed by atoms with van der Waals surface area (Å²) in [7, 11) is 1.78. The molecule has 5 nitrogen and oxygen atoms in total. The molecule has 20 heavy (non-hydrogen) atoms. The summed E-state index contributed by atoms with van der Waals surface area (Å²) in [5.41, 5.74) is 1.30. The van der Waals surface area contributed by atoms with Gasteiger partial charge in [0.15, 0.2) is 0 Å². The molecule has 0 aromatic heterocycles. The molecule has 1 fully saturated rings. The number of nitrogens with one attached hydrogen (secondary N) is 1. The van der Waals surface area contributed by atoms with E-state index in [0.29, 0.717) is 17.8 Å². The maximum atomic E-state index is 12.2. The summed E-state index contributed by atoms with van der Waals surface area (Å²) in [5, 5.41) is 2.68. The Morgan fingerprint density at radius 1 is 1.35 bits per heavy atom. The molecule has 1 atom stereocenters. The first-order valence-corrected chi connectivity index (χ1v) is 6.81. The Bertz CT molecular complexity index is 478. The lowest BCUT2D eigenvalue weighted by Gasteiger charge is -2.21. The fraction of sp³-hybridized carbons (Fsp3) is 0.467. The number of hydrogen-bond donors (Lipinski definition) is 1. The topological polar surface area (TPSA) is 58.6 Å². The van der Waals surface area contributed by atoms with Crippen LogP contribution in [0.1, 0.15) is 30.1 Å². The van der Waals surface area contributed by atoms with Crippen molar-refractivity contribution in [1.29, 1.82) is 0 Å². The quantitative estimate of drug-likeness (QED) is 0.913. The van der Waals surface area contributed by atoms with Gasteiger partial charge in [0.25, 0.3) is 5.91 Å². The van der Waals surface area contributed by atoms with Crippen molar-refractivity contribution in [2.45, 2.75) is 25.9 Å². The molecule has 1 aliphatic heterocycles. The van der Waals surface area contributed by atoms with Crippen LogP contribution in [0.2, 0.25) is 0 Å². The summed E-state index contributed by atoms with van der Waals surface area (Å²) in [6.45, 7) is 2.86. The van der Waals surface area contributed by atoms with E-state index >= 15 is 0 Å². The first kappa shape index (κ1) is 14.5. The highest BCUT2D eigenvalue weighted by molar-refractivity contribution is 5.95. The van der Waals surface area contributed by atoms with E-state index in [1.54, 1.807) is 36.2 Å². The van der Waals surface area contributed by atoms with Crippen molar-refractivity contribution < 1.29 is 14.3 Å². The molecule has 0 bridgehead atoms. The lowest BCUT2D eigenvalue weighted by Crippen LogP contribution is -2.34.